The zero-order valence-electron chi connectivity index (χ0n) is 21.2. The van der Waals surface area contributed by atoms with Crippen LogP contribution in [0.1, 0.15) is 28.0 Å². The number of carbonyl (C=O) groups is 2. The smallest absolute Gasteiger partial charge is 0.404 e. The van der Waals surface area contributed by atoms with Gasteiger partial charge >= 0.3 is 6.09 Å². The van der Waals surface area contributed by atoms with Crippen LogP contribution in [0.3, 0.4) is 0 Å². The molecule has 4 N–H and O–H groups in total. The number of hydrogen-bond donors (Lipinski definition) is 4. The molecular weight excluding hydrogens is 483 g/mol. The molecule has 0 spiro atoms. The summed E-state index contributed by atoms with van der Waals surface area (Å²) < 4.78 is 13.3. The predicted molar refractivity (Wildman–Crippen MR) is 146 cm³/mol. The molecule has 3 aromatic carbocycles. The molecule has 2 heterocycles. The number of likely N-dealkylation sites (tertiary alicyclic amines) is 1. The van der Waals surface area contributed by atoms with Gasteiger partial charge in [0.2, 0.25) is 0 Å². The highest BCUT2D eigenvalue weighted by atomic mass is 19.1. The molecule has 1 fully saturated rings. The lowest BCUT2D eigenvalue weighted by Gasteiger charge is -2.24. The fourth-order valence-corrected chi connectivity index (χ4v) is 5.38. The number of rotatable bonds is 8. The summed E-state index contributed by atoms with van der Waals surface area (Å²) in [6, 6.07) is 22.5. The fourth-order valence-electron chi connectivity index (χ4n) is 5.38. The second-order valence-electron chi connectivity index (χ2n) is 9.96. The number of fused-ring (bicyclic) bond motifs is 1. The van der Waals surface area contributed by atoms with E-state index in [4.69, 9.17) is 5.11 Å². The Kier molecular flexibility index (Phi) is 7.42. The van der Waals surface area contributed by atoms with E-state index in [1.54, 1.807) is 12.1 Å². The molecule has 4 aromatic rings. The molecule has 5 rings (SSSR count). The molecule has 38 heavy (non-hydrogen) atoms. The maximum Gasteiger partial charge on any atom is 0.404 e. The van der Waals surface area contributed by atoms with E-state index in [0.717, 1.165) is 47.1 Å². The third-order valence-corrected chi connectivity index (χ3v) is 7.35. The topological polar surface area (TPSA) is 97.5 Å². The molecular formula is C30H31FN4O3. The minimum Gasteiger partial charge on any atom is -0.465 e. The Morgan fingerprint density at radius 2 is 1.74 bits per heavy atom. The lowest BCUT2D eigenvalue weighted by Crippen LogP contribution is -2.40. The molecule has 2 amide bonds. The number of nitrogens with zero attached hydrogens (tertiary/aromatic N) is 1. The first kappa shape index (κ1) is 25.5. The van der Waals surface area contributed by atoms with Gasteiger partial charge in [0.15, 0.2) is 0 Å². The molecule has 2 atom stereocenters. The second kappa shape index (κ2) is 11.1. The van der Waals surface area contributed by atoms with Gasteiger partial charge in [0.1, 0.15) is 11.5 Å². The zero-order chi connectivity index (χ0) is 26.6. The number of amides is 2. The van der Waals surface area contributed by atoms with Crippen LogP contribution in [0.2, 0.25) is 0 Å². The van der Waals surface area contributed by atoms with Gasteiger partial charge in [-0.25, -0.2) is 9.18 Å². The Labute approximate surface area is 220 Å². The van der Waals surface area contributed by atoms with Crippen molar-refractivity contribution in [1.29, 1.82) is 0 Å². The molecule has 8 heteroatoms. The number of aromatic amines is 1. The molecule has 1 saturated heterocycles. The van der Waals surface area contributed by atoms with Crippen LogP contribution in [0.4, 0.5) is 9.18 Å². The van der Waals surface area contributed by atoms with Crippen LogP contribution in [-0.2, 0) is 6.54 Å². The molecule has 196 valence electrons. The summed E-state index contributed by atoms with van der Waals surface area (Å²) in [6.45, 7) is 4.28. The molecule has 0 saturated carbocycles. The summed E-state index contributed by atoms with van der Waals surface area (Å²) in [6.07, 6.45) is -0.228. The van der Waals surface area contributed by atoms with Crippen LogP contribution >= 0.6 is 0 Å². The Morgan fingerprint density at radius 1 is 1.00 bits per heavy atom. The van der Waals surface area contributed by atoms with Crippen molar-refractivity contribution in [3.8, 4) is 11.1 Å². The van der Waals surface area contributed by atoms with Gasteiger partial charge in [-0.2, -0.15) is 0 Å². The van der Waals surface area contributed by atoms with Gasteiger partial charge in [-0.1, -0.05) is 54.6 Å². The quantitative estimate of drug-likeness (QED) is 0.261. The van der Waals surface area contributed by atoms with Crippen LogP contribution in [0.25, 0.3) is 22.0 Å². The molecule has 0 unspecified atom stereocenters. The van der Waals surface area contributed by atoms with Crippen LogP contribution in [0.15, 0.2) is 72.8 Å². The van der Waals surface area contributed by atoms with Crippen molar-refractivity contribution in [2.45, 2.75) is 25.9 Å². The van der Waals surface area contributed by atoms with Gasteiger partial charge in [0.25, 0.3) is 5.91 Å². The number of carbonyl (C=O) groups excluding carboxylic acids is 1. The molecule has 0 radical (unpaired) electrons. The van der Waals surface area contributed by atoms with Gasteiger partial charge in [0.05, 0.1) is 0 Å². The first-order chi connectivity index (χ1) is 18.4. The maximum atomic E-state index is 13.3. The van der Waals surface area contributed by atoms with Crippen molar-refractivity contribution >= 4 is 22.9 Å². The van der Waals surface area contributed by atoms with Crippen molar-refractivity contribution in [3.63, 3.8) is 0 Å². The monoisotopic (exact) mass is 514 g/mol. The Balaban J connectivity index is 1.29. The Bertz CT molecular complexity index is 1440. The van der Waals surface area contributed by atoms with Crippen molar-refractivity contribution in [1.82, 2.24) is 20.5 Å². The van der Waals surface area contributed by atoms with E-state index in [0.29, 0.717) is 18.8 Å². The lowest BCUT2D eigenvalue weighted by molar-refractivity contribution is 0.0935. The van der Waals surface area contributed by atoms with E-state index in [-0.39, 0.29) is 23.7 Å². The average Bonchev–Trinajstić information content (AvgIpc) is 3.46. The average molecular weight is 515 g/mol. The van der Waals surface area contributed by atoms with Crippen LogP contribution in [0, 0.1) is 18.7 Å². The Hall–Kier alpha value is -4.17. The second-order valence-corrected chi connectivity index (χ2v) is 9.96. The number of H-pyrrole nitrogens is 1. The van der Waals surface area contributed by atoms with E-state index < -0.39 is 6.09 Å². The number of hydrogen-bond acceptors (Lipinski definition) is 3. The normalized spacial score (nSPS) is 17.5. The third-order valence-electron chi connectivity index (χ3n) is 7.35. The van der Waals surface area contributed by atoms with Gasteiger partial charge in [0, 0.05) is 43.1 Å². The zero-order valence-corrected chi connectivity index (χ0v) is 21.2. The van der Waals surface area contributed by atoms with E-state index in [2.05, 4.69) is 32.7 Å². The summed E-state index contributed by atoms with van der Waals surface area (Å²) in [4.78, 5) is 29.9. The summed E-state index contributed by atoms with van der Waals surface area (Å²) >= 11 is 0. The summed E-state index contributed by atoms with van der Waals surface area (Å²) in [7, 11) is 0. The van der Waals surface area contributed by atoms with Crippen molar-refractivity contribution in [2.75, 3.05) is 19.6 Å². The van der Waals surface area contributed by atoms with Crippen molar-refractivity contribution in [2.24, 2.45) is 5.92 Å². The van der Waals surface area contributed by atoms with Crippen LogP contribution in [0.5, 0.6) is 0 Å². The minimum absolute atomic E-state index is 0.0921. The number of carboxylic acid groups (broad SMARTS) is 1. The molecule has 0 aliphatic carbocycles. The highest BCUT2D eigenvalue weighted by Gasteiger charge is 2.32. The highest BCUT2D eigenvalue weighted by molar-refractivity contribution is 6.01. The number of aromatic nitrogens is 1. The van der Waals surface area contributed by atoms with E-state index in [1.807, 2.05) is 43.3 Å². The number of halogens is 1. The number of benzene rings is 3. The standard InChI is InChI=1S/C30H31FN4O3/c1-19-26-12-9-23(22-7-10-24(31)11-8-22)14-27(26)34-28(19)29(36)32-16-25-13-21(15-33-30(37)38)18-35(25)17-20-5-3-2-4-6-20/h2-12,14,21,25,33-34H,13,15-18H2,1H3,(H,32,36)(H,37,38)/t21-,25+/m1/s1. The fraction of sp³-hybridized carbons (Fsp3) is 0.267. The molecule has 1 aliphatic heterocycles. The summed E-state index contributed by atoms with van der Waals surface area (Å²) in [5.74, 6) is -0.274. The van der Waals surface area contributed by atoms with Crippen molar-refractivity contribution in [3.05, 3.63) is 95.4 Å². The van der Waals surface area contributed by atoms with Crippen LogP contribution < -0.4 is 10.6 Å². The SMILES string of the molecule is Cc1c(C(=O)NC[C@@H]2C[C@H](CNC(=O)O)CN2Cc2ccccc2)[nH]c2cc(-c3ccc(F)cc3)ccc12. The molecule has 1 aromatic heterocycles. The Morgan fingerprint density at radius 3 is 2.47 bits per heavy atom. The molecule has 1 aliphatic rings. The first-order valence-electron chi connectivity index (χ1n) is 12.8. The number of aryl methyl sites for hydroxylation is 1. The van der Waals surface area contributed by atoms with Gasteiger partial charge in [-0.15, -0.1) is 0 Å². The van der Waals surface area contributed by atoms with Gasteiger partial charge in [-0.05, 0) is 59.7 Å². The van der Waals surface area contributed by atoms with E-state index in [9.17, 15) is 14.0 Å². The van der Waals surface area contributed by atoms with Crippen LogP contribution in [-0.4, -0.2) is 52.7 Å². The van der Waals surface area contributed by atoms with E-state index >= 15 is 0 Å². The van der Waals surface area contributed by atoms with E-state index in [1.165, 1.54) is 17.7 Å². The predicted octanol–water partition coefficient (Wildman–Crippen LogP) is 5.17. The molecule has 0 bridgehead atoms. The highest BCUT2D eigenvalue weighted by Crippen LogP contribution is 2.29. The van der Waals surface area contributed by atoms with Crippen molar-refractivity contribution < 1.29 is 19.1 Å². The summed E-state index contributed by atoms with van der Waals surface area (Å²) in [5.41, 5.74) is 5.26. The minimum atomic E-state index is -1.02. The first-order valence-corrected chi connectivity index (χ1v) is 12.8. The lowest BCUT2D eigenvalue weighted by atomic mass is 10.0. The maximum absolute atomic E-state index is 13.3. The van der Waals surface area contributed by atoms with Gasteiger partial charge < -0.3 is 20.7 Å². The third kappa shape index (κ3) is 5.70. The summed E-state index contributed by atoms with van der Waals surface area (Å²) in [5, 5.41) is 15.6. The largest absolute Gasteiger partial charge is 0.465 e. The van der Waals surface area contributed by atoms with Gasteiger partial charge in [-0.3, -0.25) is 9.69 Å². The molecule has 7 nitrogen and oxygen atoms in total. The number of nitrogens with one attached hydrogen (secondary N) is 3.